The van der Waals surface area contributed by atoms with Crippen molar-refractivity contribution in [3.05, 3.63) is 79.1 Å². The van der Waals surface area contributed by atoms with E-state index in [1.165, 1.54) is 44.1 Å². The van der Waals surface area contributed by atoms with Crippen LogP contribution in [0.1, 0.15) is 98.0 Å². The average Bonchev–Trinajstić information content (AvgIpc) is 3.60. The molecule has 0 unspecified atom stereocenters. The van der Waals surface area contributed by atoms with Gasteiger partial charge in [0.05, 0.1) is 0 Å². The monoisotopic (exact) mass is 1150 g/mol. The molecule has 339 valence electrons. The minimum Gasteiger partial charge on any atom is -0.541 e. The number of nitrogens with zero attached hydrogens (tertiary/aromatic N) is 1. The van der Waals surface area contributed by atoms with E-state index in [9.17, 15) is 44.3 Å². The molecule has 1 aliphatic heterocycles. The van der Waals surface area contributed by atoms with Crippen LogP contribution in [0.5, 0.6) is 5.75 Å². The Morgan fingerprint density at radius 1 is 0.967 bits per heavy atom. The van der Waals surface area contributed by atoms with Gasteiger partial charge in [0.2, 0.25) is 0 Å². The molecule has 2 saturated carbocycles. The van der Waals surface area contributed by atoms with Crippen molar-refractivity contribution in [2.24, 2.45) is 17.3 Å². The minimum atomic E-state index is -6.67. The molecule has 60 heavy (non-hydrogen) atoms. The quantitative estimate of drug-likeness (QED) is 0.134. The second-order valence-corrected chi connectivity index (χ2v) is 16.7. The van der Waals surface area contributed by atoms with Crippen LogP contribution in [0.15, 0.2) is 48.5 Å². The second-order valence-electron chi connectivity index (χ2n) is 14.1. The van der Waals surface area contributed by atoms with Crippen molar-refractivity contribution >= 4 is 27.9 Å². The van der Waals surface area contributed by atoms with Crippen LogP contribution in [0.25, 0.3) is 0 Å². The number of carbonyl (C=O) groups excluding carboxylic acids is 1. The predicted molar refractivity (Wildman–Crippen MR) is 216 cm³/mol. The molecule has 2 aromatic rings. The zero-order valence-corrected chi connectivity index (χ0v) is 42.1. The molecule has 0 aromatic heterocycles. The smallest absolute Gasteiger partial charge is 0.541 e. The van der Waals surface area contributed by atoms with Crippen LogP contribution in [0.4, 0.5) is 39.5 Å². The number of alkyl halides is 9. The molecular formula is C43H58F9NO3S2WY-2. The summed E-state index contributed by atoms with van der Waals surface area (Å²) in [7, 11) is 3.86. The first-order valence-corrected chi connectivity index (χ1v) is 22.2. The van der Waals surface area contributed by atoms with Gasteiger partial charge < -0.3 is 32.5 Å². The first kappa shape index (κ1) is 57.7. The Labute approximate surface area is 400 Å². The van der Waals surface area contributed by atoms with E-state index in [0.717, 1.165) is 48.0 Å². The van der Waals surface area contributed by atoms with Gasteiger partial charge in [-0.25, -0.2) is 6.29 Å². The minimum absolute atomic E-state index is 0. The van der Waals surface area contributed by atoms with E-state index in [-0.39, 0.29) is 53.8 Å². The Bertz CT molecular complexity index is 1410. The molecule has 5 atom stereocenters. The van der Waals surface area contributed by atoms with Crippen molar-refractivity contribution in [3.8, 4) is 5.75 Å². The molecule has 17 heteroatoms. The average molecular weight is 1150 g/mol. The fraction of sp³-hybridized carbons (Fsp3) is 0.651. The normalized spacial score (nSPS) is 23.4. The van der Waals surface area contributed by atoms with E-state index in [2.05, 4.69) is 60.5 Å². The summed E-state index contributed by atoms with van der Waals surface area (Å²) in [6, 6.07) is 19.8. The van der Waals surface area contributed by atoms with E-state index in [0.29, 0.717) is 31.5 Å². The van der Waals surface area contributed by atoms with Crippen LogP contribution in [0.3, 0.4) is 0 Å². The summed E-state index contributed by atoms with van der Waals surface area (Å²) in [5.41, 5.74) is -2.55. The maximum absolute atomic E-state index is 12.1. The molecule has 1 heterocycles. The van der Waals surface area contributed by atoms with Gasteiger partial charge in [-0.3, -0.25) is 0 Å². The summed E-state index contributed by atoms with van der Waals surface area (Å²) in [5.74, 6) is 5.77. The molecule has 1 saturated heterocycles. The van der Waals surface area contributed by atoms with Gasteiger partial charge in [0, 0.05) is 64.8 Å². The second kappa shape index (κ2) is 28.6. The summed E-state index contributed by atoms with van der Waals surface area (Å²) in [5, 5.41) is 0. The van der Waals surface area contributed by atoms with Crippen LogP contribution < -0.4 is 4.74 Å². The third-order valence-corrected chi connectivity index (χ3v) is 13.3. The van der Waals surface area contributed by atoms with Crippen molar-refractivity contribution in [2.75, 3.05) is 37.8 Å². The van der Waals surface area contributed by atoms with Gasteiger partial charge in [-0.2, -0.15) is 94.2 Å². The van der Waals surface area contributed by atoms with Gasteiger partial charge in [0.25, 0.3) is 0 Å². The summed E-state index contributed by atoms with van der Waals surface area (Å²) in [6.07, 6.45) is -6.82. The van der Waals surface area contributed by atoms with E-state index >= 15 is 0 Å². The van der Waals surface area contributed by atoms with Gasteiger partial charge in [-0.05, 0) is 60.8 Å². The Hall–Kier alpha value is -0.308. The van der Waals surface area contributed by atoms with E-state index < -0.39 is 37.2 Å². The molecule has 0 amide bonds. The number of hydrogen-bond donors (Lipinski definition) is 0. The molecule has 3 fully saturated rings. The maximum Gasteiger partial charge on any atom is 2.00 e. The van der Waals surface area contributed by atoms with E-state index in [1.54, 1.807) is 12.5 Å². The Kier molecular flexibility index (Phi) is 27.5. The maximum atomic E-state index is 12.1. The van der Waals surface area contributed by atoms with Gasteiger partial charge in [0.15, 0.2) is 0 Å². The first-order chi connectivity index (χ1) is 27.9. The Balaban J connectivity index is 0.00000101. The number of fused-ring (bicyclic) bond motifs is 5. The first-order valence-electron chi connectivity index (χ1n) is 20.4. The molecule has 3 aliphatic carbocycles. The largest absolute Gasteiger partial charge is 2.00 e. The van der Waals surface area contributed by atoms with Gasteiger partial charge in [-0.15, -0.1) is 0 Å². The van der Waals surface area contributed by atoms with Crippen LogP contribution in [0.2, 0.25) is 0 Å². The van der Waals surface area contributed by atoms with E-state index in [1.807, 2.05) is 65.8 Å². The standard InChI is InChI=1S/C26H35NO2S2.C7H6F9O.C6H5.2C2H6.W.Y/c1-26-10-2-3-25(26)24-6-4-19-17-21(5-7-22(19)23(24)8-11-26)29-15-13-27(12-14-28)20-9-16-30-31-18-20;1-2-3-17-4(5(8,9)10,6(11,12)13)7(14,15)16;1-2-4-6-5-3-1;2*1-2;;/h5,7,10,17,20,23-25H,2-4,6,8-9,11-13,15-16,18H2,1H3;1-3H2;1-5H;2*1-2H3;;/q-2;2*-1;;;+2;/t20-,23+,24+,25-,26-;;;;;;/m0....../s1/i;;;1D;;;. The summed E-state index contributed by atoms with van der Waals surface area (Å²) >= 11 is 0. The fourth-order valence-electron chi connectivity index (χ4n) is 8.18. The molecule has 2 aromatic carbocycles. The van der Waals surface area contributed by atoms with Gasteiger partial charge in [0.1, 0.15) is 12.4 Å². The number of aryl methyl sites for hydroxylation is 1. The molecular weight excluding hydrogens is 1090 g/mol. The van der Waals surface area contributed by atoms with E-state index in [4.69, 9.17) is 6.11 Å². The van der Waals surface area contributed by atoms with Crippen LogP contribution in [-0.4, -0.2) is 79.2 Å². The number of rotatable bonds is 10. The summed E-state index contributed by atoms with van der Waals surface area (Å²) < 4.78 is 124. The van der Waals surface area contributed by atoms with Crippen molar-refractivity contribution < 1.29 is 109 Å². The summed E-state index contributed by atoms with van der Waals surface area (Å²) in [6.45, 7) is 12.0. The predicted octanol–water partition coefficient (Wildman–Crippen LogP) is 12.9. The number of halogens is 9. The fourth-order valence-corrected chi connectivity index (χ4v) is 10.7. The Morgan fingerprint density at radius 2 is 1.60 bits per heavy atom. The van der Waals surface area contributed by atoms with Crippen LogP contribution >= 0.6 is 21.6 Å². The molecule has 0 bridgehead atoms. The zero-order valence-electron chi connectivity index (χ0n) is 35.7. The third kappa shape index (κ3) is 16.0. The van der Waals surface area contributed by atoms with Crippen molar-refractivity contribution in [1.82, 2.24) is 4.90 Å². The van der Waals surface area contributed by atoms with Gasteiger partial charge >= 0.3 is 45.2 Å². The topological polar surface area (TPSA) is 38.8 Å². The number of hydrogen-bond acceptors (Lipinski definition) is 6. The van der Waals surface area contributed by atoms with Crippen molar-refractivity contribution in [2.45, 2.75) is 122 Å². The molecule has 6 rings (SSSR count). The van der Waals surface area contributed by atoms with Crippen LogP contribution in [0, 0.1) is 36.7 Å². The number of ether oxygens (including phenoxy) is 2. The summed E-state index contributed by atoms with van der Waals surface area (Å²) in [4.78, 5) is 13.3. The van der Waals surface area contributed by atoms with Crippen LogP contribution in [-0.2, 0) is 69.7 Å². The zero-order chi connectivity index (χ0) is 44.3. The van der Waals surface area contributed by atoms with Gasteiger partial charge in [-0.1, -0.05) is 87.6 Å². The number of benzene rings is 2. The SMILES string of the molecule is CC.C[C@@]12[CH-]CC[C@H]1[C@@H]1CCc3cc(OCCN(C[C-]=O)[C@H]4CCSSC4)ccc3[C@H]1CC2.[2H]CC.[CH2-]CCOC(C(F)(F)F)(C(F)(F)F)C(F)(F)F.[W+2].[Y].[c-]1ccccc1. The third-order valence-electron chi connectivity index (χ3n) is 10.8. The molecule has 0 spiro atoms. The van der Waals surface area contributed by atoms with Crippen molar-refractivity contribution in [3.63, 3.8) is 0 Å². The Morgan fingerprint density at radius 3 is 2.10 bits per heavy atom. The van der Waals surface area contributed by atoms with Crippen molar-refractivity contribution in [1.29, 1.82) is 0 Å². The molecule has 1 radical (unpaired) electrons. The molecule has 4 aliphatic rings. The molecule has 4 nitrogen and oxygen atoms in total. The molecule has 0 N–H and O–H groups in total.